The first-order chi connectivity index (χ1) is 13.9. The third-order valence-corrected chi connectivity index (χ3v) is 6.98. The lowest BCUT2D eigenvalue weighted by atomic mass is 9.73. The normalized spacial score (nSPS) is 19.6. The average Bonchev–Trinajstić information content (AvgIpc) is 2.68. The molecular formula is C26H32O2S. The smallest absolute Gasteiger partial charge is 0.148 e. The second-order valence-electron chi connectivity index (χ2n) is 8.30. The van der Waals surface area contributed by atoms with Gasteiger partial charge in [-0.3, -0.25) is 9.59 Å². The van der Waals surface area contributed by atoms with E-state index in [1.54, 1.807) is 0 Å². The fraction of sp³-hybridized carbons (Fsp3) is 0.462. The number of carbonyl (C=O) groups excluding carboxylic acids is 2. The molecule has 0 heterocycles. The molecule has 1 fully saturated rings. The summed E-state index contributed by atoms with van der Waals surface area (Å²) in [6, 6.07) is 12.8. The van der Waals surface area contributed by atoms with Crippen molar-refractivity contribution in [2.24, 2.45) is 5.92 Å². The van der Waals surface area contributed by atoms with Crippen LogP contribution in [0.15, 0.2) is 41.3 Å². The van der Waals surface area contributed by atoms with E-state index in [4.69, 9.17) is 0 Å². The van der Waals surface area contributed by atoms with E-state index < -0.39 is 5.92 Å². The summed E-state index contributed by atoms with van der Waals surface area (Å²) >= 11 is 1.82. The maximum Gasteiger partial charge on any atom is 0.148 e. The third kappa shape index (κ3) is 5.19. The number of hydrogen-bond acceptors (Lipinski definition) is 3. The number of thioether (sulfide) groups is 1. The van der Waals surface area contributed by atoms with Crippen molar-refractivity contribution >= 4 is 23.3 Å². The summed E-state index contributed by atoms with van der Waals surface area (Å²) in [4.78, 5) is 27.4. The predicted molar refractivity (Wildman–Crippen MR) is 122 cm³/mol. The Hall–Kier alpha value is -1.87. The first kappa shape index (κ1) is 21.8. The average molecular weight is 409 g/mol. The second kappa shape index (κ2) is 9.75. The Kier molecular flexibility index (Phi) is 7.34. The zero-order valence-electron chi connectivity index (χ0n) is 18.1. The Morgan fingerprint density at radius 3 is 2.07 bits per heavy atom. The molecule has 0 N–H and O–H groups in total. The topological polar surface area (TPSA) is 34.1 Å². The highest BCUT2D eigenvalue weighted by atomic mass is 32.2. The molecule has 0 aliphatic heterocycles. The summed E-state index contributed by atoms with van der Waals surface area (Å²) in [5.74, 6) is 0.843. The lowest BCUT2D eigenvalue weighted by Crippen LogP contribution is -2.33. The Morgan fingerprint density at radius 2 is 1.52 bits per heavy atom. The van der Waals surface area contributed by atoms with Crippen molar-refractivity contribution in [2.45, 2.75) is 70.6 Å². The van der Waals surface area contributed by atoms with Crippen LogP contribution < -0.4 is 0 Å². The van der Waals surface area contributed by atoms with Crippen LogP contribution in [0.25, 0.3) is 0 Å². The molecule has 0 radical (unpaired) electrons. The predicted octanol–water partition coefficient (Wildman–Crippen LogP) is 6.24. The maximum atomic E-state index is 13.1. The van der Waals surface area contributed by atoms with E-state index in [9.17, 15) is 9.59 Å². The van der Waals surface area contributed by atoms with Crippen LogP contribution in [-0.4, -0.2) is 17.3 Å². The van der Waals surface area contributed by atoms with Gasteiger partial charge in [-0.15, -0.1) is 11.8 Å². The highest BCUT2D eigenvalue weighted by Gasteiger charge is 2.38. The summed E-state index contributed by atoms with van der Waals surface area (Å²) in [7, 11) is 0. The minimum absolute atomic E-state index is 0.125. The third-order valence-electron chi connectivity index (χ3n) is 5.95. The van der Waals surface area contributed by atoms with E-state index >= 15 is 0 Å². The van der Waals surface area contributed by atoms with E-state index in [-0.39, 0.29) is 17.5 Å². The molecule has 29 heavy (non-hydrogen) atoms. The summed E-state index contributed by atoms with van der Waals surface area (Å²) in [6.07, 6.45) is 3.70. The first-order valence-corrected chi connectivity index (χ1v) is 11.8. The van der Waals surface area contributed by atoms with Crippen molar-refractivity contribution in [3.05, 3.63) is 64.2 Å². The van der Waals surface area contributed by atoms with Crippen LogP contribution in [0, 0.1) is 19.8 Å². The van der Waals surface area contributed by atoms with Gasteiger partial charge in [-0.25, -0.2) is 0 Å². The number of rotatable bonds is 7. The van der Waals surface area contributed by atoms with Gasteiger partial charge in [0.05, 0.1) is 0 Å². The van der Waals surface area contributed by atoms with Crippen LogP contribution in [-0.2, 0) is 22.4 Å². The molecule has 0 saturated heterocycles. The zero-order valence-corrected chi connectivity index (χ0v) is 18.9. The van der Waals surface area contributed by atoms with E-state index in [1.807, 2.05) is 11.8 Å². The quantitative estimate of drug-likeness (QED) is 0.401. The van der Waals surface area contributed by atoms with Gasteiger partial charge >= 0.3 is 0 Å². The Morgan fingerprint density at radius 1 is 0.897 bits per heavy atom. The lowest BCUT2D eigenvalue weighted by molar-refractivity contribution is -0.133. The highest BCUT2D eigenvalue weighted by molar-refractivity contribution is 7.99. The minimum Gasteiger partial charge on any atom is -0.299 e. The molecule has 0 unspecified atom stereocenters. The molecule has 2 nitrogen and oxygen atoms in total. The Bertz CT molecular complexity index is 856. The number of carbonyl (C=O) groups is 2. The van der Waals surface area contributed by atoms with Crippen LogP contribution >= 0.6 is 11.8 Å². The minimum atomic E-state index is -0.541. The maximum absolute atomic E-state index is 13.1. The number of benzene rings is 2. The van der Waals surface area contributed by atoms with E-state index in [0.29, 0.717) is 12.8 Å². The van der Waals surface area contributed by atoms with Gasteiger partial charge in [0.2, 0.25) is 0 Å². The van der Waals surface area contributed by atoms with Gasteiger partial charge < -0.3 is 0 Å². The van der Waals surface area contributed by atoms with Crippen molar-refractivity contribution < 1.29 is 9.59 Å². The van der Waals surface area contributed by atoms with Gasteiger partial charge in [0.1, 0.15) is 17.5 Å². The zero-order chi connectivity index (χ0) is 21.0. The largest absolute Gasteiger partial charge is 0.299 e. The van der Waals surface area contributed by atoms with Crippen LogP contribution in [0.3, 0.4) is 0 Å². The standard InChI is InChI=1S/C26H32O2S/c1-5-20-12-18(4)13-21(6-2)25(20)26-23(27)15-19(16-24(26)28)10-11-29-22-9-7-8-17(3)14-22/h7-9,12-14,19,26H,5-6,10-11,15-16H2,1-4H3. The van der Waals surface area contributed by atoms with E-state index in [1.165, 1.54) is 27.1 Å². The molecule has 0 atom stereocenters. The molecule has 2 aromatic rings. The molecule has 1 aliphatic rings. The monoisotopic (exact) mass is 408 g/mol. The van der Waals surface area contributed by atoms with Gasteiger partial charge in [-0.1, -0.05) is 49.2 Å². The van der Waals surface area contributed by atoms with Crippen LogP contribution in [0.1, 0.15) is 66.8 Å². The van der Waals surface area contributed by atoms with Gasteiger partial charge in [-0.2, -0.15) is 0 Å². The number of hydrogen-bond donors (Lipinski definition) is 0. The molecule has 3 rings (SSSR count). The molecule has 0 bridgehead atoms. The van der Waals surface area contributed by atoms with Crippen molar-refractivity contribution in [2.75, 3.05) is 5.75 Å². The second-order valence-corrected chi connectivity index (χ2v) is 9.47. The molecule has 2 aromatic carbocycles. The van der Waals surface area contributed by atoms with E-state index in [2.05, 4.69) is 64.1 Å². The van der Waals surface area contributed by atoms with Crippen LogP contribution in [0.4, 0.5) is 0 Å². The molecule has 0 amide bonds. The Labute approximate surface area is 179 Å². The van der Waals surface area contributed by atoms with Gasteiger partial charge in [0.15, 0.2) is 0 Å². The molecular weight excluding hydrogens is 376 g/mol. The van der Waals surface area contributed by atoms with Crippen LogP contribution in [0.2, 0.25) is 0 Å². The van der Waals surface area contributed by atoms with Gasteiger partial charge in [0.25, 0.3) is 0 Å². The fourth-order valence-electron chi connectivity index (χ4n) is 4.54. The lowest BCUT2D eigenvalue weighted by Gasteiger charge is -2.29. The van der Waals surface area contributed by atoms with Crippen molar-refractivity contribution in [3.8, 4) is 0 Å². The summed E-state index contributed by atoms with van der Waals surface area (Å²) < 4.78 is 0. The molecule has 154 valence electrons. The first-order valence-electron chi connectivity index (χ1n) is 10.8. The molecule has 1 saturated carbocycles. The van der Waals surface area contributed by atoms with Crippen molar-refractivity contribution in [1.82, 2.24) is 0 Å². The SMILES string of the molecule is CCc1cc(C)cc(CC)c1C1C(=O)CC(CCSc2cccc(C)c2)CC1=O. The molecule has 1 aliphatic carbocycles. The van der Waals surface area contributed by atoms with Crippen LogP contribution in [0.5, 0.6) is 0 Å². The number of aryl methyl sites for hydroxylation is 4. The summed E-state index contributed by atoms with van der Waals surface area (Å²) in [5.41, 5.74) is 5.83. The molecule has 0 spiro atoms. The summed E-state index contributed by atoms with van der Waals surface area (Å²) in [6.45, 7) is 8.42. The van der Waals surface area contributed by atoms with E-state index in [0.717, 1.165) is 30.6 Å². The fourth-order valence-corrected chi connectivity index (χ4v) is 5.67. The van der Waals surface area contributed by atoms with Gasteiger partial charge in [-0.05, 0) is 73.6 Å². The van der Waals surface area contributed by atoms with Crippen molar-refractivity contribution in [1.29, 1.82) is 0 Å². The molecule has 3 heteroatoms. The summed E-state index contributed by atoms with van der Waals surface area (Å²) in [5, 5.41) is 0. The number of ketones is 2. The van der Waals surface area contributed by atoms with Gasteiger partial charge in [0, 0.05) is 17.7 Å². The number of Topliss-reactive ketones (excluding diaryl/α,β-unsaturated/α-hetero) is 2. The molecule has 0 aromatic heterocycles. The Balaban J connectivity index is 1.69. The van der Waals surface area contributed by atoms with Crippen molar-refractivity contribution in [3.63, 3.8) is 0 Å². The highest BCUT2D eigenvalue weighted by Crippen LogP contribution is 2.37.